The lowest BCUT2D eigenvalue weighted by atomic mass is 10.2. The number of carbonyl (C=O) groups excluding carboxylic acids is 1. The summed E-state index contributed by atoms with van der Waals surface area (Å²) in [5.74, 6) is 0.273. The number of benzene rings is 2. The number of para-hydroxylation sites is 2. The Balaban J connectivity index is 2.23. The van der Waals surface area contributed by atoms with E-state index in [1.807, 2.05) is 42.5 Å². The highest BCUT2D eigenvalue weighted by Crippen LogP contribution is 2.28. The summed E-state index contributed by atoms with van der Waals surface area (Å²) >= 11 is 0. The molecule has 2 aromatic rings. The molecule has 0 N–H and O–H groups in total. The predicted octanol–water partition coefficient (Wildman–Crippen LogP) is 3.75. The third-order valence-electron chi connectivity index (χ3n) is 3.18. The zero-order valence-corrected chi connectivity index (χ0v) is 11.9. The number of nitrogens with zero attached hydrogens (tertiary/aromatic N) is 1. The van der Waals surface area contributed by atoms with Crippen LogP contribution in [0.1, 0.15) is 24.2 Å². The van der Waals surface area contributed by atoms with Crippen LogP contribution in [0.2, 0.25) is 0 Å². The highest BCUT2D eigenvalue weighted by Gasteiger charge is 2.13. The van der Waals surface area contributed by atoms with E-state index in [-0.39, 0.29) is 5.97 Å². The topological polar surface area (TPSA) is 29.5 Å². The zero-order chi connectivity index (χ0) is 14.4. The van der Waals surface area contributed by atoms with Crippen LogP contribution >= 0.6 is 0 Å². The van der Waals surface area contributed by atoms with Gasteiger partial charge in [0.25, 0.3) is 0 Å². The quantitative estimate of drug-likeness (QED) is 0.611. The molecule has 104 valence electrons. The molecule has 0 aliphatic heterocycles. The molecular weight excluding hydrogens is 250 g/mol. The maximum absolute atomic E-state index is 12.1. The van der Waals surface area contributed by atoms with Crippen LogP contribution in [-0.2, 0) is 0 Å². The highest BCUT2D eigenvalue weighted by molar-refractivity contribution is 5.91. The Morgan fingerprint density at radius 3 is 2.20 bits per heavy atom. The zero-order valence-electron chi connectivity index (χ0n) is 11.9. The Hall–Kier alpha value is -2.29. The number of hydrogen-bond acceptors (Lipinski definition) is 3. The Labute approximate surface area is 119 Å². The monoisotopic (exact) mass is 269 g/mol. The van der Waals surface area contributed by atoms with Crippen molar-refractivity contribution in [1.82, 2.24) is 0 Å². The minimum atomic E-state index is -0.329. The molecular formula is C17H19NO2. The number of anilines is 1. The van der Waals surface area contributed by atoms with Crippen molar-refractivity contribution in [1.29, 1.82) is 0 Å². The van der Waals surface area contributed by atoms with Crippen molar-refractivity contribution in [2.24, 2.45) is 0 Å². The molecule has 20 heavy (non-hydrogen) atoms. The van der Waals surface area contributed by atoms with E-state index < -0.39 is 0 Å². The molecule has 3 nitrogen and oxygen atoms in total. The van der Waals surface area contributed by atoms with Gasteiger partial charge in [-0.2, -0.15) is 0 Å². The van der Waals surface area contributed by atoms with Gasteiger partial charge >= 0.3 is 5.97 Å². The molecule has 0 fully saturated rings. The molecule has 3 heteroatoms. The van der Waals surface area contributed by atoms with E-state index in [1.165, 1.54) is 0 Å². The second-order valence-electron chi connectivity index (χ2n) is 4.40. The molecule has 0 spiro atoms. The summed E-state index contributed by atoms with van der Waals surface area (Å²) < 4.78 is 5.54. The average molecular weight is 269 g/mol. The first kappa shape index (κ1) is 14.1. The fourth-order valence-electron chi connectivity index (χ4n) is 2.10. The van der Waals surface area contributed by atoms with Crippen molar-refractivity contribution in [3.8, 4) is 5.75 Å². The number of ether oxygens (including phenoxy) is 1. The lowest BCUT2D eigenvalue weighted by Gasteiger charge is -2.23. The Morgan fingerprint density at radius 1 is 0.950 bits per heavy atom. The molecule has 0 saturated heterocycles. The van der Waals surface area contributed by atoms with Gasteiger partial charge in [0.1, 0.15) is 0 Å². The van der Waals surface area contributed by atoms with Crippen LogP contribution in [0.5, 0.6) is 5.75 Å². The first-order valence-electron chi connectivity index (χ1n) is 6.87. The Morgan fingerprint density at radius 2 is 1.55 bits per heavy atom. The summed E-state index contributed by atoms with van der Waals surface area (Å²) in [6.07, 6.45) is 0. The van der Waals surface area contributed by atoms with E-state index >= 15 is 0 Å². The molecule has 0 heterocycles. The van der Waals surface area contributed by atoms with E-state index in [2.05, 4.69) is 18.7 Å². The van der Waals surface area contributed by atoms with Crippen molar-refractivity contribution in [2.45, 2.75) is 13.8 Å². The SMILES string of the molecule is CCN(CC)c1ccccc1OC(=O)c1ccccc1. The van der Waals surface area contributed by atoms with Crippen molar-refractivity contribution in [3.05, 3.63) is 60.2 Å². The lowest BCUT2D eigenvalue weighted by molar-refractivity contribution is 0.0735. The van der Waals surface area contributed by atoms with Gasteiger partial charge in [0.15, 0.2) is 5.75 Å². The molecule has 2 aromatic carbocycles. The Kier molecular flexibility index (Phi) is 4.77. The summed E-state index contributed by atoms with van der Waals surface area (Å²) in [7, 11) is 0. The van der Waals surface area contributed by atoms with Crippen LogP contribution in [-0.4, -0.2) is 19.1 Å². The first-order chi connectivity index (χ1) is 9.76. The highest BCUT2D eigenvalue weighted by atomic mass is 16.5. The van der Waals surface area contributed by atoms with Gasteiger partial charge in [0.2, 0.25) is 0 Å². The number of esters is 1. The normalized spacial score (nSPS) is 10.1. The molecule has 0 radical (unpaired) electrons. The van der Waals surface area contributed by atoms with Crippen LogP contribution < -0.4 is 9.64 Å². The van der Waals surface area contributed by atoms with Gasteiger partial charge in [-0.3, -0.25) is 0 Å². The van der Waals surface area contributed by atoms with Crippen LogP contribution in [0.3, 0.4) is 0 Å². The van der Waals surface area contributed by atoms with Gasteiger partial charge in [-0.25, -0.2) is 4.79 Å². The van der Waals surface area contributed by atoms with Crippen molar-refractivity contribution in [2.75, 3.05) is 18.0 Å². The number of carbonyl (C=O) groups is 1. The molecule has 2 rings (SSSR count). The maximum atomic E-state index is 12.1. The molecule has 0 bridgehead atoms. The second-order valence-corrected chi connectivity index (χ2v) is 4.40. The standard InChI is InChI=1S/C17H19NO2/c1-3-18(4-2)15-12-8-9-13-16(15)20-17(19)14-10-6-5-7-11-14/h5-13H,3-4H2,1-2H3. The van der Waals surface area contributed by atoms with Crippen LogP contribution in [0.25, 0.3) is 0 Å². The Bertz CT molecular complexity index is 562. The lowest BCUT2D eigenvalue weighted by Crippen LogP contribution is -2.23. The van der Waals surface area contributed by atoms with Gasteiger partial charge in [0.05, 0.1) is 11.3 Å². The summed E-state index contributed by atoms with van der Waals surface area (Å²) in [4.78, 5) is 14.3. The van der Waals surface area contributed by atoms with E-state index in [4.69, 9.17) is 4.74 Å². The molecule has 0 saturated carbocycles. The molecule has 0 amide bonds. The summed E-state index contributed by atoms with van der Waals surface area (Å²) in [5, 5.41) is 0. The third-order valence-corrected chi connectivity index (χ3v) is 3.18. The van der Waals surface area contributed by atoms with E-state index in [0.717, 1.165) is 18.8 Å². The molecule has 0 aliphatic carbocycles. The van der Waals surface area contributed by atoms with Crippen LogP contribution in [0, 0.1) is 0 Å². The number of hydrogen-bond donors (Lipinski definition) is 0. The van der Waals surface area contributed by atoms with Gasteiger partial charge < -0.3 is 9.64 Å². The first-order valence-corrected chi connectivity index (χ1v) is 6.87. The molecule has 0 atom stereocenters. The van der Waals surface area contributed by atoms with E-state index in [9.17, 15) is 4.79 Å². The molecule has 0 aliphatic rings. The fraction of sp³-hybridized carbons (Fsp3) is 0.235. The predicted molar refractivity (Wildman–Crippen MR) is 81.4 cm³/mol. The van der Waals surface area contributed by atoms with Gasteiger partial charge in [-0.15, -0.1) is 0 Å². The van der Waals surface area contributed by atoms with Crippen LogP contribution in [0.15, 0.2) is 54.6 Å². The van der Waals surface area contributed by atoms with Crippen LogP contribution in [0.4, 0.5) is 5.69 Å². The molecule has 0 aromatic heterocycles. The fourth-order valence-corrected chi connectivity index (χ4v) is 2.10. The summed E-state index contributed by atoms with van der Waals surface area (Å²) in [6.45, 7) is 5.91. The maximum Gasteiger partial charge on any atom is 0.343 e. The smallest absolute Gasteiger partial charge is 0.343 e. The second kappa shape index (κ2) is 6.75. The third kappa shape index (κ3) is 3.18. The van der Waals surface area contributed by atoms with Gasteiger partial charge in [-0.05, 0) is 38.1 Å². The van der Waals surface area contributed by atoms with Gasteiger partial charge in [0, 0.05) is 13.1 Å². The van der Waals surface area contributed by atoms with E-state index in [1.54, 1.807) is 12.1 Å². The minimum absolute atomic E-state index is 0.329. The average Bonchev–Trinajstić information content (AvgIpc) is 2.51. The van der Waals surface area contributed by atoms with Crippen molar-refractivity contribution >= 4 is 11.7 Å². The van der Waals surface area contributed by atoms with Gasteiger partial charge in [-0.1, -0.05) is 30.3 Å². The van der Waals surface area contributed by atoms with Crippen molar-refractivity contribution < 1.29 is 9.53 Å². The summed E-state index contributed by atoms with van der Waals surface area (Å²) in [6, 6.07) is 16.7. The van der Waals surface area contributed by atoms with E-state index in [0.29, 0.717) is 11.3 Å². The summed E-state index contributed by atoms with van der Waals surface area (Å²) in [5.41, 5.74) is 1.50. The number of rotatable bonds is 5. The largest absolute Gasteiger partial charge is 0.421 e. The van der Waals surface area contributed by atoms with Crippen molar-refractivity contribution in [3.63, 3.8) is 0 Å². The minimum Gasteiger partial charge on any atom is -0.421 e. The molecule has 0 unspecified atom stereocenters.